The minimum Gasteiger partial charge on any atom is -0.477 e. The Morgan fingerprint density at radius 3 is 2.70 bits per heavy atom. The Balaban J connectivity index is 1.50. The highest BCUT2D eigenvalue weighted by Crippen LogP contribution is 2.51. The Morgan fingerprint density at radius 1 is 1.32 bits per heavy atom. The molecule has 1 amide bonds. The molecule has 13 heteroatoms. The Labute approximate surface area is 216 Å². The Bertz CT molecular complexity index is 1600. The topological polar surface area (TPSA) is 150 Å². The van der Waals surface area contributed by atoms with Crippen molar-refractivity contribution in [2.45, 2.75) is 32.5 Å². The van der Waals surface area contributed by atoms with Crippen molar-refractivity contribution in [3.8, 4) is 0 Å². The van der Waals surface area contributed by atoms with E-state index in [1.165, 1.54) is 29.5 Å². The summed E-state index contributed by atoms with van der Waals surface area (Å²) in [5, 5.41) is 20.0. The minimum absolute atomic E-state index is 0.0616. The van der Waals surface area contributed by atoms with Crippen LogP contribution in [0.15, 0.2) is 42.7 Å². The first-order chi connectivity index (χ1) is 17.4. The molecule has 1 saturated heterocycles. The number of aliphatic hydroxyl groups excluding tert-OH is 1. The number of aliphatic carboxylic acids is 1. The lowest BCUT2D eigenvalue weighted by atomic mass is 9.77. The smallest absolute Gasteiger partial charge is 0.352 e. The van der Waals surface area contributed by atoms with E-state index < -0.39 is 39.8 Å². The number of amides is 1. The van der Waals surface area contributed by atoms with Crippen LogP contribution in [-0.4, -0.2) is 74.7 Å². The molecule has 4 atom stereocenters. The number of carboxylic acid groups (broad SMARTS) is 1. The molecule has 0 bridgehead atoms. The molecule has 0 aromatic carbocycles. The lowest BCUT2D eigenvalue weighted by Crippen LogP contribution is -2.63. The third kappa shape index (κ3) is 4.16. The maximum atomic E-state index is 13.3. The number of thiazole rings is 1. The third-order valence-electron chi connectivity index (χ3n) is 6.91. The van der Waals surface area contributed by atoms with Crippen LogP contribution in [-0.2, 0) is 26.0 Å². The van der Waals surface area contributed by atoms with Crippen molar-refractivity contribution in [3.05, 3.63) is 58.9 Å². The lowest BCUT2D eigenvalue weighted by molar-refractivity contribution is -0.692. The normalized spacial score (nSPS) is 22.3. The van der Waals surface area contributed by atoms with Gasteiger partial charge in [-0.15, -0.1) is 11.3 Å². The highest BCUT2D eigenvalue weighted by atomic mass is 32.2. The Morgan fingerprint density at radius 2 is 2.05 bits per heavy atom. The second-order valence-electron chi connectivity index (χ2n) is 9.51. The second-order valence-corrected chi connectivity index (χ2v) is 12.8. The van der Waals surface area contributed by atoms with Crippen molar-refractivity contribution >= 4 is 49.2 Å². The summed E-state index contributed by atoms with van der Waals surface area (Å²) in [5.41, 5.74) is 0.904. The highest BCUT2D eigenvalue weighted by Gasteiger charge is 2.60. The number of aliphatic hydroxyl groups is 1. The average Bonchev–Trinajstić information content (AvgIpc) is 3.46. The van der Waals surface area contributed by atoms with Crippen molar-refractivity contribution in [2.75, 3.05) is 12.0 Å². The summed E-state index contributed by atoms with van der Waals surface area (Å²) in [5.74, 6) is -3.05. The van der Waals surface area contributed by atoms with Crippen LogP contribution >= 0.6 is 11.3 Å². The molecule has 1 fully saturated rings. The van der Waals surface area contributed by atoms with Crippen molar-refractivity contribution in [1.29, 1.82) is 0 Å². The molecule has 0 aliphatic carbocycles. The first-order valence-corrected chi connectivity index (χ1v) is 14.4. The maximum absolute atomic E-state index is 13.3. The average molecular weight is 546 g/mol. The van der Waals surface area contributed by atoms with E-state index in [4.69, 9.17) is 0 Å². The number of nitrogens with zero attached hydrogens (tertiary/aromatic N) is 4. The van der Waals surface area contributed by atoms with Gasteiger partial charge in [0.1, 0.15) is 28.3 Å². The van der Waals surface area contributed by atoms with Crippen LogP contribution in [0.2, 0.25) is 0 Å². The summed E-state index contributed by atoms with van der Waals surface area (Å²) < 4.78 is 26.3. The second kappa shape index (κ2) is 8.85. The van der Waals surface area contributed by atoms with Gasteiger partial charge in [0.15, 0.2) is 28.8 Å². The molecule has 3 aromatic heterocycles. The van der Waals surface area contributed by atoms with Gasteiger partial charge in [-0.1, -0.05) is 6.92 Å². The quantitative estimate of drug-likeness (QED) is 0.238. The van der Waals surface area contributed by atoms with Gasteiger partial charge in [0.25, 0.3) is 0 Å². The van der Waals surface area contributed by atoms with Gasteiger partial charge in [-0.2, -0.15) is 0 Å². The van der Waals surface area contributed by atoms with Gasteiger partial charge in [-0.25, -0.2) is 22.8 Å². The summed E-state index contributed by atoms with van der Waals surface area (Å²) in [6, 6.07) is 2.84. The van der Waals surface area contributed by atoms with Crippen LogP contribution in [0.3, 0.4) is 0 Å². The zero-order chi connectivity index (χ0) is 26.8. The number of sulfone groups is 1. The van der Waals surface area contributed by atoms with E-state index in [9.17, 15) is 33.0 Å². The van der Waals surface area contributed by atoms with Crippen LogP contribution in [0, 0.1) is 11.8 Å². The highest BCUT2D eigenvalue weighted by molar-refractivity contribution is 7.90. The SMILES string of the molecule is C[C@@H](O)[C@H]1C(=O)N2C(C(=O)O)=C(c3cn4cnc(C(=O)c5ccc[n+](CCS(C)(=O)=O)c5)c4s3)[C@H](C)[C@H]12. The van der Waals surface area contributed by atoms with E-state index in [0.29, 0.717) is 20.8 Å². The van der Waals surface area contributed by atoms with Crippen molar-refractivity contribution in [1.82, 2.24) is 14.3 Å². The van der Waals surface area contributed by atoms with Gasteiger partial charge < -0.3 is 15.1 Å². The predicted octanol–water partition coefficient (Wildman–Crippen LogP) is 0.612. The van der Waals surface area contributed by atoms with Crippen LogP contribution < -0.4 is 4.57 Å². The number of β-lactam (4-membered cyclic amide) rings is 1. The fourth-order valence-electron chi connectivity index (χ4n) is 5.18. The first kappa shape index (κ1) is 25.2. The Kier molecular flexibility index (Phi) is 6.04. The van der Waals surface area contributed by atoms with Gasteiger partial charge >= 0.3 is 5.97 Å². The molecule has 0 unspecified atom stereocenters. The first-order valence-electron chi connectivity index (χ1n) is 11.6. The fraction of sp³-hybridized carbons (Fsp3) is 0.375. The number of aromatic nitrogens is 3. The number of aryl methyl sites for hydroxylation is 1. The third-order valence-corrected chi connectivity index (χ3v) is 8.97. The van der Waals surface area contributed by atoms with Crippen molar-refractivity contribution in [2.24, 2.45) is 11.8 Å². The van der Waals surface area contributed by atoms with Gasteiger partial charge in [0.2, 0.25) is 11.7 Å². The van der Waals surface area contributed by atoms with E-state index in [2.05, 4.69) is 4.98 Å². The number of fused-ring (bicyclic) bond motifs is 2. The molecule has 0 radical (unpaired) electrons. The predicted molar refractivity (Wildman–Crippen MR) is 132 cm³/mol. The molecule has 0 spiro atoms. The largest absolute Gasteiger partial charge is 0.477 e. The van der Waals surface area contributed by atoms with Crippen molar-refractivity contribution in [3.63, 3.8) is 0 Å². The monoisotopic (exact) mass is 545 g/mol. The number of imidazole rings is 1. The van der Waals surface area contributed by atoms with Crippen molar-refractivity contribution < 1.29 is 37.6 Å². The zero-order valence-corrected chi connectivity index (χ0v) is 21.9. The van der Waals surface area contributed by atoms with Gasteiger partial charge in [-0.05, 0) is 13.0 Å². The van der Waals surface area contributed by atoms with E-state index in [1.807, 2.05) is 6.92 Å². The molecule has 2 aliphatic rings. The van der Waals surface area contributed by atoms with Gasteiger partial charge in [0.05, 0.1) is 28.5 Å². The number of pyridine rings is 1. The molecule has 5 heterocycles. The molecule has 11 nitrogen and oxygen atoms in total. The summed E-state index contributed by atoms with van der Waals surface area (Å²) >= 11 is 1.21. The molecule has 0 saturated carbocycles. The molecule has 194 valence electrons. The summed E-state index contributed by atoms with van der Waals surface area (Å²) in [4.78, 5) is 44.8. The van der Waals surface area contributed by atoms with Crippen LogP contribution in [0.25, 0.3) is 10.4 Å². The number of hydrogen-bond acceptors (Lipinski definition) is 8. The summed E-state index contributed by atoms with van der Waals surface area (Å²) in [6.07, 6.45) is 6.68. The number of carbonyl (C=O) groups is 3. The van der Waals surface area contributed by atoms with E-state index >= 15 is 0 Å². The van der Waals surface area contributed by atoms with Crippen LogP contribution in [0.1, 0.15) is 34.8 Å². The molecule has 2 N–H and O–H groups in total. The molecule has 5 rings (SSSR count). The Hall–Kier alpha value is -3.42. The maximum Gasteiger partial charge on any atom is 0.352 e. The number of carbonyl (C=O) groups excluding carboxylic acids is 2. The molecule has 3 aromatic rings. The standard InChI is InChI=1S/C24H24N4O7S2/c1-12-16(20(24(32)33)28-19(12)17(13(2)29)22(28)31)15-10-27-11-25-18(23(27)36-15)21(30)14-5-4-6-26(9-14)7-8-37(3,34)35/h4-6,9-13,17,19,29H,7-8H2,1-3H3/p+1/t12-,13+,17+,19+/m0/s1. The molecule has 2 aliphatic heterocycles. The number of ketones is 1. The van der Waals surface area contributed by atoms with Crippen LogP contribution in [0.5, 0.6) is 0 Å². The van der Waals surface area contributed by atoms with E-state index in [-0.39, 0.29) is 35.4 Å². The molecule has 37 heavy (non-hydrogen) atoms. The van der Waals surface area contributed by atoms with Gasteiger partial charge in [0, 0.05) is 30.0 Å². The van der Waals surface area contributed by atoms with Gasteiger partial charge in [-0.3, -0.25) is 14.0 Å². The fourth-order valence-corrected chi connectivity index (χ4v) is 6.93. The van der Waals surface area contributed by atoms with E-state index in [0.717, 1.165) is 6.26 Å². The number of rotatable bonds is 8. The van der Waals surface area contributed by atoms with E-state index in [1.54, 1.807) is 39.7 Å². The summed E-state index contributed by atoms with van der Waals surface area (Å²) in [7, 11) is -3.17. The zero-order valence-electron chi connectivity index (χ0n) is 20.2. The molecular formula is C24H25N4O7S2+. The number of hydrogen-bond donors (Lipinski definition) is 2. The molecular weight excluding hydrogens is 520 g/mol. The lowest BCUT2D eigenvalue weighted by Gasteiger charge is -2.46. The summed E-state index contributed by atoms with van der Waals surface area (Å²) in [6.45, 7) is 3.57. The number of carboxylic acids is 1. The van der Waals surface area contributed by atoms with Crippen LogP contribution in [0.4, 0.5) is 0 Å². The minimum atomic E-state index is -3.17.